The number of halogens is 4. The molecule has 0 spiro atoms. The van der Waals surface area contributed by atoms with Gasteiger partial charge in [0.05, 0.1) is 20.1 Å². The fourth-order valence-electron chi connectivity index (χ4n) is 2.50. The van der Waals surface area contributed by atoms with Gasteiger partial charge < -0.3 is 10.1 Å². The lowest BCUT2D eigenvalue weighted by atomic mass is 9.92. The molecule has 1 unspecified atom stereocenters. The Hall–Kier alpha value is -0.640. The lowest BCUT2D eigenvalue weighted by molar-refractivity contribution is 0.149. The second-order valence-corrected chi connectivity index (χ2v) is 7.24. The van der Waals surface area contributed by atoms with Crippen LogP contribution in [0.1, 0.15) is 18.1 Å². The van der Waals surface area contributed by atoms with Crippen molar-refractivity contribution in [2.45, 2.75) is 12.5 Å². The molecule has 1 saturated heterocycles. The molecule has 23 heavy (non-hydrogen) atoms. The van der Waals surface area contributed by atoms with Gasteiger partial charge in [-0.1, -0.05) is 52.5 Å². The Labute approximate surface area is 155 Å². The maximum absolute atomic E-state index is 6.17. The molecule has 1 heterocycles. The Bertz CT molecular complexity index is 703. The summed E-state index contributed by atoms with van der Waals surface area (Å²) in [6, 6.07) is 10.9. The van der Waals surface area contributed by atoms with Crippen LogP contribution < -0.4 is 10.1 Å². The molecule has 2 aromatic rings. The first-order valence-corrected chi connectivity index (χ1v) is 8.81. The highest BCUT2D eigenvalue weighted by atomic mass is 35.5. The summed E-state index contributed by atoms with van der Waals surface area (Å²) in [7, 11) is 0. The third-order valence-electron chi connectivity index (χ3n) is 3.90. The number of benzene rings is 2. The fourth-order valence-corrected chi connectivity index (χ4v) is 3.09. The summed E-state index contributed by atoms with van der Waals surface area (Å²) in [5, 5.41) is 5.32. The van der Waals surface area contributed by atoms with Crippen LogP contribution in [0.5, 0.6) is 5.75 Å². The Morgan fingerprint density at radius 2 is 1.57 bits per heavy atom. The van der Waals surface area contributed by atoms with E-state index in [9.17, 15) is 0 Å². The van der Waals surface area contributed by atoms with Crippen molar-refractivity contribution in [1.29, 1.82) is 0 Å². The molecule has 1 aliphatic rings. The van der Waals surface area contributed by atoms with Crippen LogP contribution in [-0.4, -0.2) is 13.1 Å². The average Bonchev–Trinajstić information content (AvgIpc) is 2.48. The van der Waals surface area contributed by atoms with Crippen LogP contribution in [0.25, 0.3) is 0 Å². The number of ether oxygens (including phenoxy) is 1. The van der Waals surface area contributed by atoms with Crippen LogP contribution in [-0.2, 0) is 0 Å². The van der Waals surface area contributed by atoms with Crippen LogP contribution in [0.15, 0.2) is 36.4 Å². The fraction of sp³-hybridized carbons (Fsp3) is 0.294. The highest BCUT2D eigenvalue weighted by Crippen LogP contribution is 2.34. The summed E-state index contributed by atoms with van der Waals surface area (Å²) >= 11 is 24.2. The van der Waals surface area contributed by atoms with Gasteiger partial charge in [0.15, 0.2) is 0 Å². The number of rotatable bonds is 5. The van der Waals surface area contributed by atoms with E-state index in [1.54, 1.807) is 18.2 Å². The molecular formula is C17H15Cl4NO. The van der Waals surface area contributed by atoms with E-state index < -0.39 is 0 Å². The lowest BCUT2D eigenvalue weighted by Gasteiger charge is -2.31. The zero-order valence-corrected chi connectivity index (χ0v) is 15.2. The van der Waals surface area contributed by atoms with E-state index in [4.69, 9.17) is 51.1 Å². The van der Waals surface area contributed by atoms with Crippen molar-refractivity contribution in [1.82, 2.24) is 5.32 Å². The van der Waals surface area contributed by atoms with E-state index in [0.29, 0.717) is 31.8 Å². The monoisotopic (exact) mass is 389 g/mol. The van der Waals surface area contributed by atoms with Gasteiger partial charge in [0, 0.05) is 6.07 Å². The smallest absolute Gasteiger partial charge is 0.124 e. The largest absolute Gasteiger partial charge is 0.486 e. The maximum Gasteiger partial charge on any atom is 0.124 e. The molecule has 1 N–H and O–H groups in total. The summed E-state index contributed by atoms with van der Waals surface area (Å²) < 4.78 is 6.17. The van der Waals surface area contributed by atoms with Gasteiger partial charge >= 0.3 is 0 Å². The molecule has 2 aromatic carbocycles. The summed E-state index contributed by atoms with van der Waals surface area (Å²) in [5.74, 6) is 1.26. The van der Waals surface area contributed by atoms with Gasteiger partial charge in [-0.2, -0.15) is 0 Å². The van der Waals surface area contributed by atoms with Crippen molar-refractivity contribution < 1.29 is 4.74 Å². The zero-order chi connectivity index (χ0) is 16.4. The van der Waals surface area contributed by atoms with E-state index in [-0.39, 0.29) is 6.10 Å². The number of hydrogen-bond acceptors (Lipinski definition) is 2. The Balaban J connectivity index is 1.84. The van der Waals surface area contributed by atoms with Gasteiger partial charge in [-0.3, -0.25) is 0 Å². The summed E-state index contributed by atoms with van der Waals surface area (Å²) in [6.07, 6.45) is 0.777. The van der Waals surface area contributed by atoms with Crippen molar-refractivity contribution in [3.63, 3.8) is 0 Å². The minimum Gasteiger partial charge on any atom is -0.486 e. The van der Waals surface area contributed by atoms with E-state index in [1.165, 1.54) is 0 Å². The van der Waals surface area contributed by atoms with Crippen LogP contribution >= 0.6 is 46.4 Å². The summed E-state index contributed by atoms with van der Waals surface area (Å²) in [6.45, 7) is 2.01. The maximum atomic E-state index is 6.17. The minimum absolute atomic E-state index is 0.117. The van der Waals surface area contributed by atoms with Crippen molar-refractivity contribution in [2.75, 3.05) is 13.1 Å². The highest BCUT2D eigenvalue weighted by Gasteiger charge is 2.25. The molecule has 0 saturated carbocycles. The second kappa shape index (κ2) is 7.50. The van der Waals surface area contributed by atoms with E-state index in [0.717, 1.165) is 25.1 Å². The molecule has 122 valence electrons. The Morgan fingerprint density at radius 3 is 2.13 bits per heavy atom. The molecule has 6 heteroatoms. The van der Waals surface area contributed by atoms with Gasteiger partial charge in [0.25, 0.3) is 0 Å². The van der Waals surface area contributed by atoms with Crippen molar-refractivity contribution in [3.05, 3.63) is 62.1 Å². The molecular weight excluding hydrogens is 376 g/mol. The molecule has 1 aliphatic heterocycles. The first-order chi connectivity index (χ1) is 11.0. The molecule has 0 radical (unpaired) electrons. The van der Waals surface area contributed by atoms with Gasteiger partial charge in [-0.25, -0.2) is 0 Å². The van der Waals surface area contributed by atoms with Gasteiger partial charge in [0.2, 0.25) is 0 Å². The number of hydrogen-bond donors (Lipinski definition) is 1. The van der Waals surface area contributed by atoms with Crippen LogP contribution in [0.3, 0.4) is 0 Å². The van der Waals surface area contributed by atoms with Crippen molar-refractivity contribution in [3.8, 4) is 5.75 Å². The average molecular weight is 391 g/mol. The third-order valence-corrected chi connectivity index (χ3v) is 5.38. The third kappa shape index (κ3) is 4.26. The van der Waals surface area contributed by atoms with E-state index in [1.807, 2.05) is 18.2 Å². The zero-order valence-electron chi connectivity index (χ0n) is 12.2. The minimum atomic E-state index is -0.117. The predicted octanol–water partition coefficient (Wildman–Crippen LogP) is 6.03. The molecule has 0 amide bonds. The normalized spacial score (nSPS) is 16.0. The molecule has 1 atom stereocenters. The standard InChI is InChI=1S/C17H15Cl4NO/c18-13-3-1-11(6-15(13)20)17(5-10-8-22-9-10)23-12-2-4-14(19)16(21)7-12/h1-4,6-7,10,17,22H,5,8-9H2. The molecule has 3 rings (SSSR count). The molecule has 0 aromatic heterocycles. The predicted molar refractivity (Wildman–Crippen MR) is 97.3 cm³/mol. The molecule has 1 fully saturated rings. The van der Waals surface area contributed by atoms with Crippen molar-refractivity contribution in [2.24, 2.45) is 5.92 Å². The first-order valence-electron chi connectivity index (χ1n) is 7.30. The first kappa shape index (κ1) is 17.2. The van der Waals surface area contributed by atoms with E-state index in [2.05, 4.69) is 5.32 Å². The van der Waals surface area contributed by atoms with Crippen molar-refractivity contribution >= 4 is 46.4 Å². The van der Waals surface area contributed by atoms with Gasteiger partial charge in [0.1, 0.15) is 11.9 Å². The van der Waals surface area contributed by atoms with Crippen LogP contribution in [0, 0.1) is 5.92 Å². The van der Waals surface area contributed by atoms with Gasteiger partial charge in [-0.05, 0) is 55.3 Å². The molecule has 0 bridgehead atoms. The van der Waals surface area contributed by atoms with Crippen LogP contribution in [0.4, 0.5) is 0 Å². The molecule has 0 aliphatic carbocycles. The summed E-state index contributed by atoms with van der Waals surface area (Å²) in [4.78, 5) is 0. The number of nitrogens with one attached hydrogen (secondary N) is 1. The Kier molecular flexibility index (Phi) is 5.61. The van der Waals surface area contributed by atoms with Gasteiger partial charge in [-0.15, -0.1) is 0 Å². The highest BCUT2D eigenvalue weighted by molar-refractivity contribution is 6.42. The quantitative estimate of drug-likeness (QED) is 0.672. The van der Waals surface area contributed by atoms with E-state index >= 15 is 0 Å². The second-order valence-electron chi connectivity index (χ2n) is 5.62. The SMILES string of the molecule is Clc1ccc(OC(CC2CNC2)c2ccc(Cl)c(Cl)c2)cc1Cl. The topological polar surface area (TPSA) is 21.3 Å². The Morgan fingerprint density at radius 1 is 0.913 bits per heavy atom. The van der Waals surface area contributed by atoms with Crippen LogP contribution in [0.2, 0.25) is 20.1 Å². The lowest BCUT2D eigenvalue weighted by Crippen LogP contribution is -2.43. The summed E-state index contributed by atoms with van der Waals surface area (Å²) in [5.41, 5.74) is 0.998. The molecule has 2 nitrogen and oxygen atoms in total.